The number of anilines is 1. The zero-order valence-electron chi connectivity index (χ0n) is 13.7. The van der Waals surface area contributed by atoms with Crippen LogP contribution in [0.25, 0.3) is 0 Å². The third-order valence-electron chi connectivity index (χ3n) is 4.38. The molecule has 3 nitrogen and oxygen atoms in total. The molecular weight excluding hydrogens is 278 g/mol. The Morgan fingerprint density at radius 3 is 2.62 bits per heavy atom. The number of hydrogen-bond donors (Lipinski definition) is 1. The highest BCUT2D eigenvalue weighted by Crippen LogP contribution is 2.37. The molecule has 1 heterocycles. The van der Waals surface area contributed by atoms with Gasteiger partial charge >= 0.3 is 0 Å². The highest BCUT2D eigenvalue weighted by molar-refractivity contribution is 7.15. The average Bonchev–Trinajstić information content (AvgIpc) is 3.36. The molecule has 0 unspecified atom stereocenters. The molecule has 0 aliphatic heterocycles. The van der Waals surface area contributed by atoms with E-state index in [1.807, 2.05) is 11.3 Å². The molecular formula is C17H29N3S. The van der Waals surface area contributed by atoms with Crippen molar-refractivity contribution in [3.8, 4) is 0 Å². The van der Waals surface area contributed by atoms with Crippen molar-refractivity contribution in [1.29, 1.82) is 0 Å². The maximum atomic E-state index is 5.03. The average molecular weight is 308 g/mol. The number of rotatable bonds is 9. The monoisotopic (exact) mass is 307 g/mol. The van der Waals surface area contributed by atoms with Gasteiger partial charge < -0.3 is 10.2 Å². The SMILES string of the molecule is CCCCN(c1nc(C(C)C)c(CNC2CC2)s1)C1CC1. The zero-order valence-corrected chi connectivity index (χ0v) is 14.5. The van der Waals surface area contributed by atoms with Crippen LogP contribution in [-0.2, 0) is 6.54 Å². The molecule has 0 spiro atoms. The molecule has 0 saturated heterocycles. The molecule has 118 valence electrons. The van der Waals surface area contributed by atoms with Crippen LogP contribution in [0.2, 0.25) is 0 Å². The minimum Gasteiger partial charge on any atom is -0.345 e. The third-order valence-corrected chi connectivity index (χ3v) is 5.49. The smallest absolute Gasteiger partial charge is 0.186 e. The van der Waals surface area contributed by atoms with Crippen LogP contribution in [0.5, 0.6) is 0 Å². The van der Waals surface area contributed by atoms with E-state index >= 15 is 0 Å². The summed E-state index contributed by atoms with van der Waals surface area (Å²) in [4.78, 5) is 9.08. The topological polar surface area (TPSA) is 28.2 Å². The van der Waals surface area contributed by atoms with Crippen LogP contribution in [-0.4, -0.2) is 23.6 Å². The van der Waals surface area contributed by atoms with Gasteiger partial charge in [0.05, 0.1) is 5.69 Å². The number of nitrogens with zero attached hydrogens (tertiary/aromatic N) is 2. The summed E-state index contributed by atoms with van der Waals surface area (Å²) in [5, 5.41) is 4.94. The first kappa shape index (κ1) is 15.3. The van der Waals surface area contributed by atoms with Crippen molar-refractivity contribution in [2.24, 2.45) is 0 Å². The van der Waals surface area contributed by atoms with E-state index in [4.69, 9.17) is 4.98 Å². The van der Waals surface area contributed by atoms with E-state index in [-0.39, 0.29) is 0 Å². The van der Waals surface area contributed by atoms with Crippen LogP contribution in [0.1, 0.15) is 75.8 Å². The van der Waals surface area contributed by atoms with E-state index in [0.29, 0.717) is 5.92 Å². The largest absolute Gasteiger partial charge is 0.345 e. The summed E-state index contributed by atoms with van der Waals surface area (Å²) < 4.78 is 0. The molecule has 1 aromatic heterocycles. The Morgan fingerprint density at radius 1 is 1.29 bits per heavy atom. The van der Waals surface area contributed by atoms with Crippen molar-refractivity contribution in [2.75, 3.05) is 11.4 Å². The Morgan fingerprint density at radius 2 is 2.05 bits per heavy atom. The predicted octanol–water partition coefficient (Wildman–Crippen LogP) is 4.29. The molecule has 2 aliphatic rings. The molecule has 0 radical (unpaired) electrons. The quantitative estimate of drug-likeness (QED) is 0.738. The van der Waals surface area contributed by atoms with Crippen molar-refractivity contribution in [1.82, 2.24) is 10.3 Å². The van der Waals surface area contributed by atoms with Crippen LogP contribution in [0, 0.1) is 0 Å². The fourth-order valence-electron chi connectivity index (χ4n) is 2.72. The van der Waals surface area contributed by atoms with Gasteiger partial charge in [-0.15, -0.1) is 11.3 Å². The number of hydrogen-bond acceptors (Lipinski definition) is 4. The Bertz CT molecular complexity index is 461. The van der Waals surface area contributed by atoms with E-state index in [1.54, 1.807) is 0 Å². The Balaban J connectivity index is 1.74. The first-order chi connectivity index (χ1) is 10.2. The van der Waals surface area contributed by atoms with Crippen molar-refractivity contribution in [3.05, 3.63) is 10.6 Å². The van der Waals surface area contributed by atoms with E-state index < -0.39 is 0 Å². The maximum absolute atomic E-state index is 5.03. The van der Waals surface area contributed by atoms with E-state index in [1.165, 1.54) is 60.8 Å². The molecule has 1 N–H and O–H groups in total. The van der Waals surface area contributed by atoms with Gasteiger partial charge in [0.15, 0.2) is 5.13 Å². The molecule has 4 heteroatoms. The Kier molecular flexibility index (Phi) is 4.85. The van der Waals surface area contributed by atoms with Gasteiger partial charge in [-0.3, -0.25) is 0 Å². The minimum absolute atomic E-state index is 0.526. The van der Waals surface area contributed by atoms with Crippen LogP contribution >= 0.6 is 11.3 Å². The Hall–Kier alpha value is -0.610. The fraction of sp³-hybridized carbons (Fsp3) is 0.824. The van der Waals surface area contributed by atoms with Crippen LogP contribution in [0.3, 0.4) is 0 Å². The summed E-state index contributed by atoms with van der Waals surface area (Å²) in [5.41, 5.74) is 1.32. The zero-order chi connectivity index (χ0) is 14.8. The fourth-order valence-corrected chi connectivity index (χ4v) is 3.99. The number of thiazole rings is 1. The lowest BCUT2D eigenvalue weighted by Crippen LogP contribution is -2.26. The van der Waals surface area contributed by atoms with Crippen LogP contribution < -0.4 is 10.2 Å². The molecule has 2 saturated carbocycles. The van der Waals surface area contributed by atoms with E-state index in [0.717, 1.165) is 18.6 Å². The van der Waals surface area contributed by atoms with Gasteiger partial charge in [0, 0.05) is 30.1 Å². The second kappa shape index (κ2) is 6.66. The van der Waals surface area contributed by atoms with Crippen molar-refractivity contribution in [3.63, 3.8) is 0 Å². The highest BCUT2D eigenvalue weighted by Gasteiger charge is 2.31. The van der Waals surface area contributed by atoms with Gasteiger partial charge in [-0.1, -0.05) is 27.2 Å². The molecule has 3 rings (SSSR count). The van der Waals surface area contributed by atoms with Crippen LogP contribution in [0.4, 0.5) is 5.13 Å². The molecule has 1 aromatic rings. The maximum Gasteiger partial charge on any atom is 0.186 e. The van der Waals surface area contributed by atoms with Crippen molar-refractivity contribution >= 4 is 16.5 Å². The summed E-state index contributed by atoms with van der Waals surface area (Å²) in [5.74, 6) is 0.526. The lowest BCUT2D eigenvalue weighted by molar-refractivity contribution is 0.679. The van der Waals surface area contributed by atoms with Gasteiger partial charge in [-0.05, 0) is 38.0 Å². The van der Waals surface area contributed by atoms with Gasteiger partial charge in [-0.25, -0.2) is 4.98 Å². The van der Waals surface area contributed by atoms with Gasteiger partial charge in [0.2, 0.25) is 0 Å². The third kappa shape index (κ3) is 3.98. The van der Waals surface area contributed by atoms with Gasteiger partial charge in [-0.2, -0.15) is 0 Å². The van der Waals surface area contributed by atoms with E-state index in [9.17, 15) is 0 Å². The lowest BCUT2D eigenvalue weighted by Gasteiger charge is -2.21. The van der Waals surface area contributed by atoms with Gasteiger partial charge in [0.25, 0.3) is 0 Å². The first-order valence-electron chi connectivity index (χ1n) is 8.68. The standard InChI is InChI=1S/C17H29N3S/c1-4-5-10-20(14-8-9-14)17-19-16(12(2)3)15(21-17)11-18-13-6-7-13/h12-14,18H,4-11H2,1-3H3. The summed E-state index contributed by atoms with van der Waals surface area (Å²) in [6, 6.07) is 1.54. The molecule has 2 fully saturated rings. The summed E-state index contributed by atoms with van der Waals surface area (Å²) in [7, 11) is 0. The molecule has 0 atom stereocenters. The summed E-state index contributed by atoms with van der Waals surface area (Å²) in [6.45, 7) is 9.02. The van der Waals surface area contributed by atoms with Crippen molar-refractivity contribution < 1.29 is 0 Å². The molecule has 21 heavy (non-hydrogen) atoms. The second-order valence-corrected chi connectivity index (χ2v) is 7.95. The summed E-state index contributed by atoms with van der Waals surface area (Å²) in [6.07, 6.45) is 7.97. The highest BCUT2D eigenvalue weighted by atomic mass is 32.1. The predicted molar refractivity (Wildman–Crippen MR) is 91.3 cm³/mol. The van der Waals surface area contributed by atoms with Crippen LogP contribution in [0.15, 0.2) is 0 Å². The summed E-state index contributed by atoms with van der Waals surface area (Å²) >= 11 is 1.94. The van der Waals surface area contributed by atoms with Gasteiger partial charge in [0.1, 0.15) is 0 Å². The number of unbranched alkanes of at least 4 members (excludes halogenated alkanes) is 1. The number of aromatic nitrogens is 1. The Labute approximate surface area is 133 Å². The molecule has 0 aromatic carbocycles. The number of nitrogens with one attached hydrogen (secondary N) is 1. The molecule has 0 bridgehead atoms. The first-order valence-corrected chi connectivity index (χ1v) is 9.50. The second-order valence-electron chi connectivity index (χ2n) is 6.89. The molecule has 0 amide bonds. The normalized spacial score (nSPS) is 18.5. The minimum atomic E-state index is 0.526. The van der Waals surface area contributed by atoms with E-state index in [2.05, 4.69) is 31.0 Å². The lowest BCUT2D eigenvalue weighted by atomic mass is 10.1. The molecule has 2 aliphatic carbocycles. The van der Waals surface area contributed by atoms with Crippen molar-refractivity contribution in [2.45, 2.75) is 83.8 Å².